The Labute approximate surface area is 365 Å². The van der Waals surface area contributed by atoms with Crippen LogP contribution >= 0.6 is 0 Å². The number of hydrogen-bond donors (Lipinski definition) is 4. The zero-order valence-electron chi connectivity index (χ0n) is 39.0. The summed E-state index contributed by atoms with van der Waals surface area (Å²) >= 11 is 0. The van der Waals surface area contributed by atoms with Crippen molar-refractivity contribution in [3.8, 4) is 0 Å². The molecule has 340 valence electrons. The Balaban J connectivity index is 1.81. The van der Waals surface area contributed by atoms with Crippen molar-refractivity contribution < 1.29 is 33.4 Å². The number of likely N-dealkylation sites (tertiary alicyclic amines) is 1. The van der Waals surface area contributed by atoms with Crippen molar-refractivity contribution in [3.05, 3.63) is 60.2 Å². The van der Waals surface area contributed by atoms with Gasteiger partial charge in [0.2, 0.25) is 29.5 Å². The standard InChI is InChI=1S/C47H75N7O7/c1-14-31(6)42(53(11)47(59)40(29(2)3)51-46(58)41(30(4)5)52(9)10)38(60-12)28-39(55)54-26-18-21-37(54)43(61-13)32(7)44(56)50-36(27-33-19-16-15-17-20-33)45(57)49-35-24-22-34(48-8)23-25-35/h15-17,19-20,22-25,29-32,36-38,40-43,48H,14,18,21,26-28H2,1-13H3,(H,49,57)(H,50,56)(H,51,58)/t31-,32+,36?,37-,38+,40-,41-,42?,43+/m0/s1. The Bertz CT molecular complexity index is 1700. The van der Waals surface area contributed by atoms with Gasteiger partial charge < -0.3 is 40.5 Å². The highest BCUT2D eigenvalue weighted by Crippen LogP contribution is 2.30. The van der Waals surface area contributed by atoms with Crippen LogP contribution in [0.25, 0.3) is 0 Å². The number of ether oxygens (including phenoxy) is 2. The van der Waals surface area contributed by atoms with E-state index in [4.69, 9.17) is 9.47 Å². The number of anilines is 2. The van der Waals surface area contributed by atoms with Crippen molar-refractivity contribution in [3.63, 3.8) is 0 Å². The number of hydrogen-bond acceptors (Lipinski definition) is 9. The summed E-state index contributed by atoms with van der Waals surface area (Å²) in [4.78, 5) is 75.3. The Morgan fingerprint density at radius 3 is 1.95 bits per heavy atom. The molecule has 9 atom stereocenters. The van der Waals surface area contributed by atoms with E-state index in [0.717, 1.165) is 24.1 Å². The van der Waals surface area contributed by atoms with Crippen LogP contribution in [0.3, 0.4) is 0 Å². The molecule has 2 aromatic carbocycles. The maximum atomic E-state index is 14.4. The van der Waals surface area contributed by atoms with Crippen LogP contribution in [0.2, 0.25) is 0 Å². The normalized spacial score (nSPS) is 18.1. The third-order valence-corrected chi connectivity index (χ3v) is 12.3. The van der Waals surface area contributed by atoms with Gasteiger partial charge in [-0.3, -0.25) is 28.9 Å². The average Bonchev–Trinajstić information content (AvgIpc) is 3.72. The largest absolute Gasteiger partial charge is 0.388 e. The topological polar surface area (TPSA) is 162 Å². The average molecular weight is 850 g/mol. The van der Waals surface area contributed by atoms with E-state index < -0.39 is 48.3 Å². The number of benzene rings is 2. The number of nitrogens with zero attached hydrogens (tertiary/aromatic N) is 3. The summed E-state index contributed by atoms with van der Waals surface area (Å²) in [5.41, 5.74) is 2.39. The van der Waals surface area contributed by atoms with Gasteiger partial charge in [0.1, 0.15) is 12.1 Å². The summed E-state index contributed by atoms with van der Waals surface area (Å²) in [6.07, 6.45) is 1.03. The minimum Gasteiger partial charge on any atom is -0.388 e. The first kappa shape index (κ1) is 50.8. The predicted octanol–water partition coefficient (Wildman–Crippen LogP) is 5.04. The Hall–Kier alpha value is -4.53. The van der Waals surface area contributed by atoms with Crippen molar-refractivity contribution >= 4 is 40.9 Å². The summed E-state index contributed by atoms with van der Waals surface area (Å²) in [6, 6.07) is 13.9. The molecule has 0 aliphatic carbocycles. The number of likely N-dealkylation sites (N-methyl/N-ethyl adjacent to an activating group) is 2. The van der Waals surface area contributed by atoms with Gasteiger partial charge in [0, 0.05) is 52.7 Å². The monoisotopic (exact) mass is 850 g/mol. The lowest BCUT2D eigenvalue weighted by Gasteiger charge is -2.41. The molecule has 0 saturated carbocycles. The minimum atomic E-state index is -0.881. The molecular formula is C47H75N7O7. The number of rotatable bonds is 23. The second-order valence-electron chi connectivity index (χ2n) is 17.5. The molecule has 2 unspecified atom stereocenters. The SMILES string of the molecule is CC[C@H](C)C([C@@H](CC(=O)N1CCC[C@H]1[C@H](OC)[C@@H](C)C(=O)NC(Cc1ccccc1)C(=O)Nc1ccc(NC)cc1)OC)N(C)C(=O)[C@@H](NC(=O)[C@H](C(C)C)N(C)C)C(C)C. The van der Waals surface area contributed by atoms with Crippen molar-refractivity contribution in [2.45, 2.75) is 123 Å². The molecule has 61 heavy (non-hydrogen) atoms. The van der Waals surface area contributed by atoms with Crippen LogP contribution in [0, 0.1) is 23.7 Å². The van der Waals surface area contributed by atoms with Crippen LogP contribution in [0.1, 0.15) is 79.7 Å². The van der Waals surface area contributed by atoms with Crippen molar-refractivity contribution in [1.82, 2.24) is 25.3 Å². The second kappa shape index (κ2) is 24.2. The molecule has 5 amide bonds. The molecule has 0 aromatic heterocycles. The second-order valence-corrected chi connectivity index (χ2v) is 17.5. The van der Waals surface area contributed by atoms with Crippen molar-refractivity contribution in [2.24, 2.45) is 23.7 Å². The quantitative estimate of drug-likeness (QED) is 0.120. The first-order valence-electron chi connectivity index (χ1n) is 21.9. The molecular weight excluding hydrogens is 775 g/mol. The van der Waals surface area contributed by atoms with Gasteiger partial charge in [-0.25, -0.2) is 0 Å². The zero-order valence-corrected chi connectivity index (χ0v) is 39.0. The smallest absolute Gasteiger partial charge is 0.247 e. The molecule has 1 aliphatic heterocycles. The Morgan fingerprint density at radius 1 is 0.803 bits per heavy atom. The van der Waals surface area contributed by atoms with Gasteiger partial charge >= 0.3 is 0 Å². The maximum absolute atomic E-state index is 14.4. The van der Waals surface area contributed by atoms with Crippen molar-refractivity contribution in [2.75, 3.05) is 59.6 Å². The van der Waals surface area contributed by atoms with E-state index in [1.54, 1.807) is 50.1 Å². The number of nitrogens with one attached hydrogen (secondary N) is 4. The van der Waals surface area contributed by atoms with Gasteiger partial charge in [0.05, 0.1) is 42.7 Å². The van der Waals surface area contributed by atoms with Gasteiger partial charge in [-0.15, -0.1) is 0 Å². The predicted molar refractivity (Wildman–Crippen MR) is 242 cm³/mol. The van der Waals surface area contributed by atoms with E-state index in [0.29, 0.717) is 18.7 Å². The van der Waals surface area contributed by atoms with E-state index in [2.05, 4.69) is 21.3 Å². The maximum Gasteiger partial charge on any atom is 0.247 e. The van der Waals surface area contributed by atoms with E-state index in [9.17, 15) is 24.0 Å². The third-order valence-electron chi connectivity index (χ3n) is 12.3. The van der Waals surface area contributed by atoms with Gasteiger partial charge in [0.15, 0.2) is 0 Å². The van der Waals surface area contributed by atoms with Crippen LogP contribution in [-0.4, -0.2) is 136 Å². The molecule has 4 N–H and O–H groups in total. The van der Waals surface area contributed by atoms with Gasteiger partial charge in [-0.2, -0.15) is 0 Å². The molecule has 1 aliphatic rings. The van der Waals surface area contributed by atoms with Crippen molar-refractivity contribution in [1.29, 1.82) is 0 Å². The fraction of sp³-hybridized carbons (Fsp3) is 0.638. The zero-order chi connectivity index (χ0) is 45.6. The fourth-order valence-electron chi connectivity index (χ4n) is 8.72. The molecule has 1 heterocycles. The lowest BCUT2D eigenvalue weighted by atomic mass is 9.89. The number of methoxy groups -OCH3 is 2. The van der Waals surface area contributed by atoms with Crippen LogP contribution < -0.4 is 21.3 Å². The lowest BCUT2D eigenvalue weighted by Crippen LogP contribution is -2.59. The third kappa shape index (κ3) is 13.7. The number of carbonyl (C=O) groups is 5. The first-order chi connectivity index (χ1) is 28.9. The fourth-order valence-corrected chi connectivity index (χ4v) is 8.72. The van der Waals surface area contributed by atoms with E-state index in [1.165, 1.54) is 0 Å². The summed E-state index contributed by atoms with van der Waals surface area (Å²) in [7, 11) is 10.4. The van der Waals surface area contributed by atoms with Crippen LogP contribution in [0.15, 0.2) is 54.6 Å². The molecule has 2 aromatic rings. The first-order valence-corrected chi connectivity index (χ1v) is 21.9. The van der Waals surface area contributed by atoms with Crippen LogP contribution in [-0.2, 0) is 39.9 Å². The van der Waals surface area contributed by atoms with Crippen LogP contribution in [0.4, 0.5) is 11.4 Å². The summed E-state index contributed by atoms with van der Waals surface area (Å²) in [5, 5.41) is 12.1. The molecule has 1 saturated heterocycles. The molecule has 3 rings (SSSR count). The minimum absolute atomic E-state index is 0.0000143. The molecule has 0 spiro atoms. The van der Waals surface area contributed by atoms with E-state index in [-0.39, 0.29) is 60.1 Å². The highest BCUT2D eigenvalue weighted by molar-refractivity contribution is 5.98. The van der Waals surface area contributed by atoms with E-state index in [1.807, 2.05) is 110 Å². The summed E-state index contributed by atoms with van der Waals surface area (Å²) in [6.45, 7) is 14.1. The number of carbonyl (C=O) groups excluding carboxylic acids is 5. The lowest BCUT2D eigenvalue weighted by molar-refractivity contribution is -0.148. The summed E-state index contributed by atoms with van der Waals surface area (Å²) in [5.74, 6) is -2.25. The molecule has 0 bridgehead atoms. The van der Waals surface area contributed by atoms with E-state index >= 15 is 0 Å². The van der Waals surface area contributed by atoms with Gasteiger partial charge in [-0.05, 0) is 74.5 Å². The Kier molecular flexibility index (Phi) is 20.2. The highest BCUT2D eigenvalue weighted by Gasteiger charge is 2.43. The molecule has 1 fully saturated rings. The summed E-state index contributed by atoms with van der Waals surface area (Å²) < 4.78 is 12.1. The Morgan fingerprint density at radius 2 is 1.43 bits per heavy atom. The highest BCUT2D eigenvalue weighted by atomic mass is 16.5. The van der Waals surface area contributed by atoms with Gasteiger partial charge in [0.25, 0.3) is 0 Å². The van der Waals surface area contributed by atoms with Crippen LogP contribution in [0.5, 0.6) is 0 Å². The molecule has 0 radical (unpaired) electrons. The van der Waals surface area contributed by atoms with Gasteiger partial charge in [-0.1, -0.05) is 85.2 Å². The number of amides is 5. The molecule has 14 nitrogen and oxygen atoms in total. The molecule has 14 heteroatoms.